The van der Waals surface area contributed by atoms with Crippen LogP contribution in [0.5, 0.6) is 6.01 Å². The molecule has 0 amide bonds. The zero-order chi connectivity index (χ0) is 18.5. The number of aryl methyl sites for hydroxylation is 1. The molecule has 1 aromatic rings. The Morgan fingerprint density at radius 2 is 2.19 bits per heavy atom. The zero-order valence-electron chi connectivity index (χ0n) is 16.2. The molecule has 2 saturated heterocycles. The SMILES string of the molecule is CCc1c(C)nc(OC[C@@H]2CCCN2C)nc1N1CCN[C@@H](CC#N)C1. The maximum atomic E-state index is 9.00. The van der Waals surface area contributed by atoms with Crippen molar-refractivity contribution in [1.82, 2.24) is 20.2 Å². The Morgan fingerprint density at radius 1 is 1.35 bits per heavy atom. The second kappa shape index (κ2) is 8.65. The van der Waals surface area contributed by atoms with Crippen LogP contribution in [0, 0.1) is 18.3 Å². The number of rotatable bonds is 6. The average Bonchev–Trinajstić information content (AvgIpc) is 3.05. The summed E-state index contributed by atoms with van der Waals surface area (Å²) in [7, 11) is 2.15. The van der Waals surface area contributed by atoms with Gasteiger partial charge in [0.15, 0.2) is 0 Å². The number of anilines is 1. The first-order valence-electron chi connectivity index (χ1n) is 9.68. The fraction of sp³-hybridized carbons (Fsp3) is 0.737. The van der Waals surface area contributed by atoms with Crippen molar-refractivity contribution in [3.8, 4) is 12.1 Å². The molecule has 0 bridgehead atoms. The number of nitrogens with zero attached hydrogens (tertiary/aromatic N) is 5. The molecule has 3 rings (SSSR count). The van der Waals surface area contributed by atoms with E-state index in [9.17, 15) is 0 Å². The van der Waals surface area contributed by atoms with E-state index in [1.807, 2.05) is 6.92 Å². The second-order valence-electron chi connectivity index (χ2n) is 7.29. The normalized spacial score (nSPS) is 23.8. The van der Waals surface area contributed by atoms with Crippen LogP contribution >= 0.6 is 0 Å². The van der Waals surface area contributed by atoms with Crippen LogP contribution in [0.4, 0.5) is 5.82 Å². The summed E-state index contributed by atoms with van der Waals surface area (Å²) in [6.07, 6.45) is 3.80. The van der Waals surface area contributed by atoms with E-state index in [4.69, 9.17) is 15.0 Å². The topological polar surface area (TPSA) is 77.3 Å². The third-order valence-corrected chi connectivity index (χ3v) is 5.49. The second-order valence-corrected chi connectivity index (χ2v) is 7.29. The molecule has 26 heavy (non-hydrogen) atoms. The van der Waals surface area contributed by atoms with Gasteiger partial charge in [-0.3, -0.25) is 0 Å². The summed E-state index contributed by atoms with van der Waals surface area (Å²) in [5, 5.41) is 12.4. The van der Waals surface area contributed by atoms with Crippen LogP contribution in [0.3, 0.4) is 0 Å². The van der Waals surface area contributed by atoms with Crippen LogP contribution in [-0.2, 0) is 6.42 Å². The minimum absolute atomic E-state index is 0.185. The van der Waals surface area contributed by atoms with Crippen LogP contribution in [0.1, 0.15) is 37.4 Å². The molecule has 0 radical (unpaired) electrons. The molecular formula is C19H30N6O. The van der Waals surface area contributed by atoms with Gasteiger partial charge in [0.2, 0.25) is 0 Å². The first kappa shape index (κ1) is 18.9. The molecule has 7 nitrogen and oxygen atoms in total. The molecule has 0 spiro atoms. The molecule has 0 saturated carbocycles. The fourth-order valence-corrected chi connectivity index (χ4v) is 3.92. The van der Waals surface area contributed by atoms with Crippen molar-refractivity contribution >= 4 is 5.82 Å². The summed E-state index contributed by atoms with van der Waals surface area (Å²) in [6.45, 7) is 8.49. The van der Waals surface area contributed by atoms with E-state index in [1.165, 1.54) is 18.4 Å². The van der Waals surface area contributed by atoms with Crippen molar-refractivity contribution in [2.75, 3.05) is 44.7 Å². The van der Waals surface area contributed by atoms with Gasteiger partial charge in [-0.25, -0.2) is 4.98 Å². The lowest BCUT2D eigenvalue weighted by Gasteiger charge is -2.35. The van der Waals surface area contributed by atoms with E-state index in [-0.39, 0.29) is 6.04 Å². The van der Waals surface area contributed by atoms with Gasteiger partial charge in [0.1, 0.15) is 12.4 Å². The quantitative estimate of drug-likeness (QED) is 0.826. The first-order chi connectivity index (χ1) is 12.6. The highest BCUT2D eigenvalue weighted by Crippen LogP contribution is 2.26. The Kier molecular flexibility index (Phi) is 6.28. The van der Waals surface area contributed by atoms with Gasteiger partial charge >= 0.3 is 6.01 Å². The molecule has 7 heteroatoms. The third kappa shape index (κ3) is 4.25. The van der Waals surface area contributed by atoms with Crippen molar-refractivity contribution < 1.29 is 4.74 Å². The van der Waals surface area contributed by atoms with Crippen molar-refractivity contribution in [3.63, 3.8) is 0 Å². The van der Waals surface area contributed by atoms with Crippen LogP contribution in [-0.4, -0.2) is 66.8 Å². The number of nitriles is 1. The number of likely N-dealkylation sites (tertiary alicyclic amines) is 1. The highest BCUT2D eigenvalue weighted by atomic mass is 16.5. The van der Waals surface area contributed by atoms with E-state index in [1.54, 1.807) is 0 Å². The predicted molar refractivity (Wildman–Crippen MR) is 102 cm³/mol. The van der Waals surface area contributed by atoms with Gasteiger partial charge in [0, 0.05) is 43.0 Å². The summed E-state index contributed by atoms with van der Waals surface area (Å²) >= 11 is 0. The number of piperazine rings is 1. The number of nitrogens with one attached hydrogen (secondary N) is 1. The van der Waals surface area contributed by atoms with E-state index in [0.717, 1.165) is 44.1 Å². The highest BCUT2D eigenvalue weighted by molar-refractivity contribution is 5.50. The number of hydrogen-bond acceptors (Lipinski definition) is 7. The smallest absolute Gasteiger partial charge is 0.318 e. The monoisotopic (exact) mass is 358 g/mol. The van der Waals surface area contributed by atoms with Crippen molar-refractivity contribution in [1.29, 1.82) is 5.26 Å². The maximum Gasteiger partial charge on any atom is 0.318 e. The van der Waals surface area contributed by atoms with Crippen LogP contribution in [0.25, 0.3) is 0 Å². The number of likely N-dealkylation sites (N-methyl/N-ethyl adjacent to an activating group) is 1. The highest BCUT2D eigenvalue weighted by Gasteiger charge is 2.25. The Labute approximate surface area is 156 Å². The molecular weight excluding hydrogens is 328 g/mol. The average molecular weight is 358 g/mol. The standard InChI is InChI=1S/C19H30N6O/c1-4-17-14(2)22-19(26-13-16-6-5-10-24(16)3)23-18(17)25-11-9-21-15(12-25)7-8-20/h15-16,21H,4-7,9-13H2,1-3H3/t15-,16-/m0/s1. The van der Waals surface area contributed by atoms with E-state index in [0.29, 0.717) is 25.1 Å². The lowest BCUT2D eigenvalue weighted by molar-refractivity contribution is 0.187. The molecule has 2 aliphatic heterocycles. The molecule has 2 atom stereocenters. The number of ether oxygens (including phenoxy) is 1. The summed E-state index contributed by atoms with van der Waals surface area (Å²) < 4.78 is 5.99. The Bertz CT molecular complexity index is 658. The van der Waals surface area contributed by atoms with Crippen LogP contribution in [0.2, 0.25) is 0 Å². The Hall–Kier alpha value is -1.91. The molecule has 1 aromatic heterocycles. The Balaban J connectivity index is 1.77. The van der Waals surface area contributed by atoms with Gasteiger partial charge in [-0.1, -0.05) is 6.92 Å². The molecule has 0 aromatic carbocycles. The lowest BCUT2D eigenvalue weighted by atomic mass is 10.1. The Morgan fingerprint density at radius 3 is 2.88 bits per heavy atom. The molecule has 3 heterocycles. The van der Waals surface area contributed by atoms with Crippen molar-refractivity contribution in [2.45, 2.75) is 51.6 Å². The molecule has 0 aliphatic carbocycles. The minimum atomic E-state index is 0.185. The van der Waals surface area contributed by atoms with Gasteiger partial charge in [-0.15, -0.1) is 0 Å². The molecule has 0 unspecified atom stereocenters. The summed E-state index contributed by atoms with van der Waals surface area (Å²) in [5.41, 5.74) is 2.16. The maximum absolute atomic E-state index is 9.00. The van der Waals surface area contributed by atoms with Crippen LogP contribution in [0.15, 0.2) is 0 Å². The van der Waals surface area contributed by atoms with E-state index in [2.05, 4.69) is 40.1 Å². The lowest BCUT2D eigenvalue weighted by Crippen LogP contribution is -2.51. The summed E-state index contributed by atoms with van der Waals surface area (Å²) in [6, 6.07) is 3.38. The van der Waals surface area contributed by atoms with Crippen molar-refractivity contribution in [3.05, 3.63) is 11.3 Å². The third-order valence-electron chi connectivity index (χ3n) is 5.49. The van der Waals surface area contributed by atoms with Gasteiger partial charge in [0.05, 0.1) is 12.5 Å². The fourth-order valence-electron chi connectivity index (χ4n) is 3.92. The van der Waals surface area contributed by atoms with Gasteiger partial charge in [-0.2, -0.15) is 10.2 Å². The largest absolute Gasteiger partial charge is 0.462 e. The molecule has 1 N–H and O–H groups in total. The summed E-state index contributed by atoms with van der Waals surface area (Å²) in [5.74, 6) is 0.971. The molecule has 142 valence electrons. The number of aromatic nitrogens is 2. The zero-order valence-corrected chi connectivity index (χ0v) is 16.2. The predicted octanol–water partition coefficient (Wildman–Crippen LogP) is 1.51. The van der Waals surface area contributed by atoms with Gasteiger partial charge in [0.25, 0.3) is 0 Å². The molecule has 2 fully saturated rings. The summed E-state index contributed by atoms with van der Waals surface area (Å²) in [4.78, 5) is 14.0. The van der Waals surface area contributed by atoms with Crippen molar-refractivity contribution in [2.24, 2.45) is 0 Å². The molecule has 2 aliphatic rings. The van der Waals surface area contributed by atoms with Gasteiger partial charge < -0.3 is 19.9 Å². The minimum Gasteiger partial charge on any atom is -0.462 e. The van der Waals surface area contributed by atoms with E-state index < -0.39 is 0 Å². The van der Waals surface area contributed by atoms with Crippen LogP contribution < -0.4 is 15.0 Å². The number of hydrogen-bond donors (Lipinski definition) is 1. The van der Waals surface area contributed by atoms with E-state index >= 15 is 0 Å². The first-order valence-corrected chi connectivity index (χ1v) is 9.68. The van der Waals surface area contributed by atoms with Gasteiger partial charge in [-0.05, 0) is 39.8 Å².